The van der Waals surface area contributed by atoms with E-state index in [9.17, 15) is 18.0 Å². The van der Waals surface area contributed by atoms with Gasteiger partial charge in [0.05, 0.1) is 17.9 Å². The van der Waals surface area contributed by atoms with Crippen LogP contribution in [-0.4, -0.2) is 50.8 Å². The van der Waals surface area contributed by atoms with Gasteiger partial charge in [0.2, 0.25) is 21.8 Å². The van der Waals surface area contributed by atoms with Gasteiger partial charge in [-0.15, -0.1) is 0 Å². The lowest BCUT2D eigenvalue weighted by atomic mass is 9.99. The summed E-state index contributed by atoms with van der Waals surface area (Å²) in [7, 11) is -2.18. The molecular weight excluding hydrogens is 466 g/mol. The Bertz CT molecular complexity index is 1240. The van der Waals surface area contributed by atoms with Gasteiger partial charge in [0, 0.05) is 36.4 Å². The van der Waals surface area contributed by atoms with Gasteiger partial charge in [-0.2, -0.15) is 4.31 Å². The van der Waals surface area contributed by atoms with Crippen LogP contribution in [0.3, 0.4) is 0 Å². The zero-order chi connectivity index (χ0) is 24.7. The fraction of sp³-hybridized carbons (Fsp3) is 0.462. The molecule has 2 aliphatic heterocycles. The highest BCUT2D eigenvalue weighted by Crippen LogP contribution is 2.40. The third-order valence-electron chi connectivity index (χ3n) is 7.18. The molecule has 2 heterocycles. The first-order chi connectivity index (χ1) is 16.8. The quantitative estimate of drug-likeness (QED) is 0.660. The van der Waals surface area contributed by atoms with Crippen molar-refractivity contribution >= 4 is 33.2 Å². The number of rotatable bonds is 6. The number of methoxy groups -OCH3 is 1. The predicted molar refractivity (Wildman–Crippen MR) is 133 cm³/mol. The van der Waals surface area contributed by atoms with E-state index in [1.807, 2.05) is 11.8 Å². The van der Waals surface area contributed by atoms with Crippen molar-refractivity contribution in [3.8, 4) is 5.75 Å². The number of hydrogen-bond acceptors (Lipinski definition) is 5. The molecule has 2 amide bonds. The van der Waals surface area contributed by atoms with Gasteiger partial charge in [0.15, 0.2) is 0 Å². The van der Waals surface area contributed by atoms with Crippen LogP contribution in [-0.2, 0) is 26.0 Å². The van der Waals surface area contributed by atoms with E-state index in [0.717, 1.165) is 24.1 Å². The average molecular weight is 498 g/mol. The number of nitrogens with one attached hydrogen (secondary N) is 1. The van der Waals surface area contributed by atoms with Crippen molar-refractivity contribution in [2.75, 3.05) is 30.4 Å². The molecule has 0 aromatic heterocycles. The topological polar surface area (TPSA) is 96.0 Å². The maximum absolute atomic E-state index is 13.5. The van der Waals surface area contributed by atoms with E-state index < -0.39 is 15.9 Å². The molecule has 0 unspecified atom stereocenters. The van der Waals surface area contributed by atoms with Crippen molar-refractivity contribution in [3.05, 3.63) is 48.0 Å². The zero-order valence-corrected chi connectivity index (χ0v) is 20.9. The number of ether oxygens (including phenoxy) is 1. The molecule has 1 aliphatic carbocycles. The molecule has 2 fully saturated rings. The van der Waals surface area contributed by atoms with Crippen LogP contribution in [0.15, 0.2) is 47.4 Å². The first-order valence-corrected chi connectivity index (χ1v) is 13.6. The Morgan fingerprint density at radius 2 is 1.77 bits per heavy atom. The monoisotopic (exact) mass is 497 g/mol. The molecule has 0 spiro atoms. The van der Waals surface area contributed by atoms with E-state index in [4.69, 9.17) is 4.74 Å². The number of carbonyl (C=O) groups is 2. The van der Waals surface area contributed by atoms with Gasteiger partial charge in [0.1, 0.15) is 5.75 Å². The first-order valence-electron chi connectivity index (χ1n) is 12.2. The molecule has 2 atom stereocenters. The summed E-state index contributed by atoms with van der Waals surface area (Å²) in [5.41, 5.74) is 2.36. The Balaban J connectivity index is 1.30. The minimum absolute atomic E-state index is 0.0251. The molecular formula is C26H31N3O5S. The van der Waals surface area contributed by atoms with Crippen molar-refractivity contribution in [3.63, 3.8) is 0 Å². The summed E-state index contributed by atoms with van der Waals surface area (Å²) >= 11 is 0. The van der Waals surface area contributed by atoms with Crippen LogP contribution in [0, 0.1) is 11.8 Å². The Kier molecular flexibility index (Phi) is 6.31. The number of fused-ring (bicyclic) bond motifs is 1. The van der Waals surface area contributed by atoms with Crippen molar-refractivity contribution in [1.82, 2.24) is 4.31 Å². The van der Waals surface area contributed by atoms with Crippen molar-refractivity contribution in [2.24, 2.45) is 11.8 Å². The standard InChI is InChI=1S/C26H31N3O5S/c1-17-14-20-15-23(11-12-24(20)29(17)26(31)18-5-6-18)35(32,33)28-13-3-4-19(16-28)25(30)27-21-7-9-22(34-2)10-8-21/h7-12,15,17-19H,3-6,13-14,16H2,1-2H3,(H,27,30)/t17-,19+/m1/s1. The van der Waals surface area contributed by atoms with E-state index in [1.165, 1.54) is 4.31 Å². The molecule has 8 nitrogen and oxygen atoms in total. The Morgan fingerprint density at radius 1 is 1.03 bits per heavy atom. The van der Waals surface area contributed by atoms with Crippen LogP contribution in [0.4, 0.5) is 11.4 Å². The van der Waals surface area contributed by atoms with Crippen LogP contribution in [0.2, 0.25) is 0 Å². The molecule has 2 aromatic carbocycles. The molecule has 9 heteroatoms. The van der Waals surface area contributed by atoms with E-state index >= 15 is 0 Å². The third-order valence-corrected chi connectivity index (χ3v) is 9.04. The molecule has 186 valence electrons. The lowest BCUT2D eigenvalue weighted by Gasteiger charge is -2.31. The Labute approximate surface area is 206 Å². The highest BCUT2D eigenvalue weighted by Gasteiger charge is 2.40. The number of benzene rings is 2. The van der Waals surface area contributed by atoms with Crippen LogP contribution in [0.1, 0.15) is 38.2 Å². The van der Waals surface area contributed by atoms with E-state index in [1.54, 1.807) is 49.6 Å². The maximum Gasteiger partial charge on any atom is 0.243 e. The lowest BCUT2D eigenvalue weighted by molar-refractivity contribution is -0.121. The summed E-state index contributed by atoms with van der Waals surface area (Å²) in [5.74, 6) is 0.338. The fourth-order valence-electron chi connectivity index (χ4n) is 5.07. The summed E-state index contributed by atoms with van der Waals surface area (Å²) in [6.45, 7) is 2.53. The van der Waals surface area contributed by atoms with Crippen molar-refractivity contribution in [2.45, 2.75) is 50.0 Å². The summed E-state index contributed by atoms with van der Waals surface area (Å²) in [5, 5.41) is 2.89. The first kappa shape index (κ1) is 23.8. The van der Waals surface area contributed by atoms with E-state index in [-0.39, 0.29) is 35.2 Å². The molecule has 3 aliphatic rings. The van der Waals surface area contributed by atoms with Gasteiger partial charge in [0.25, 0.3) is 0 Å². The molecule has 2 aromatic rings. The molecule has 35 heavy (non-hydrogen) atoms. The number of piperidine rings is 1. The smallest absolute Gasteiger partial charge is 0.243 e. The van der Waals surface area contributed by atoms with Crippen molar-refractivity contribution < 1.29 is 22.7 Å². The van der Waals surface area contributed by atoms with E-state index in [2.05, 4.69) is 5.32 Å². The lowest BCUT2D eigenvalue weighted by Crippen LogP contribution is -2.43. The molecule has 0 bridgehead atoms. The van der Waals surface area contributed by atoms with Gasteiger partial charge in [-0.1, -0.05) is 0 Å². The number of anilines is 2. The zero-order valence-electron chi connectivity index (χ0n) is 20.1. The van der Waals surface area contributed by atoms with Gasteiger partial charge >= 0.3 is 0 Å². The molecule has 1 saturated heterocycles. The van der Waals surface area contributed by atoms with Gasteiger partial charge in [-0.05, 0) is 87.1 Å². The highest BCUT2D eigenvalue weighted by atomic mass is 32.2. The van der Waals surface area contributed by atoms with Crippen LogP contribution in [0.5, 0.6) is 5.75 Å². The number of nitrogens with zero attached hydrogens (tertiary/aromatic N) is 2. The number of carbonyl (C=O) groups excluding carboxylic acids is 2. The van der Waals surface area contributed by atoms with Gasteiger partial charge < -0.3 is 15.0 Å². The predicted octanol–water partition coefficient (Wildman–Crippen LogP) is 3.42. The second kappa shape index (κ2) is 9.28. The van der Waals surface area contributed by atoms with E-state index in [0.29, 0.717) is 37.2 Å². The minimum Gasteiger partial charge on any atom is -0.497 e. The van der Waals surface area contributed by atoms with Crippen LogP contribution >= 0.6 is 0 Å². The second-order valence-corrected chi connectivity index (χ2v) is 11.7. The number of amides is 2. The summed E-state index contributed by atoms with van der Waals surface area (Å²) in [4.78, 5) is 27.7. The summed E-state index contributed by atoms with van der Waals surface area (Å²) in [6, 6.07) is 12.2. The Hall–Kier alpha value is -2.91. The SMILES string of the molecule is COc1ccc(NC(=O)[C@H]2CCCN(S(=O)(=O)c3ccc4c(c3)C[C@@H](C)N4C(=O)C3CC3)C2)cc1. The van der Waals surface area contributed by atoms with Crippen molar-refractivity contribution in [1.29, 1.82) is 0 Å². The second-order valence-electron chi connectivity index (χ2n) is 9.75. The average Bonchev–Trinajstić information content (AvgIpc) is 3.66. The number of sulfonamides is 1. The van der Waals surface area contributed by atoms with Gasteiger partial charge in [-0.3, -0.25) is 9.59 Å². The van der Waals surface area contributed by atoms with Crippen LogP contribution in [0.25, 0.3) is 0 Å². The maximum atomic E-state index is 13.5. The molecule has 0 radical (unpaired) electrons. The summed E-state index contributed by atoms with van der Waals surface area (Å²) < 4.78 is 33.6. The minimum atomic E-state index is -3.76. The number of hydrogen-bond donors (Lipinski definition) is 1. The molecule has 5 rings (SSSR count). The third kappa shape index (κ3) is 4.67. The molecule has 1 saturated carbocycles. The molecule has 1 N–H and O–H groups in total. The fourth-order valence-corrected chi connectivity index (χ4v) is 6.65. The van der Waals surface area contributed by atoms with Gasteiger partial charge in [-0.25, -0.2) is 8.42 Å². The Morgan fingerprint density at radius 3 is 2.46 bits per heavy atom. The summed E-state index contributed by atoms with van der Waals surface area (Å²) in [6.07, 6.45) is 3.77. The van der Waals surface area contributed by atoms with Crippen LogP contribution < -0.4 is 15.0 Å². The normalized spacial score (nSPS) is 22.5. The highest BCUT2D eigenvalue weighted by molar-refractivity contribution is 7.89. The largest absolute Gasteiger partial charge is 0.497 e.